The standard InChI is InChI=1S/C20H26ClNO3/c1-2-8-19(9-11-20(12-10-19)24-13-14-25-20)22(18(23)15-21)16-17-6-4-3-5-7-17/h2-7H,1,8-16H2. The molecule has 0 N–H and O–H groups in total. The first-order valence-corrected chi connectivity index (χ1v) is 9.46. The Morgan fingerprint density at radius 3 is 2.36 bits per heavy atom. The van der Waals surface area contributed by atoms with Gasteiger partial charge in [-0.05, 0) is 24.8 Å². The molecule has 1 aromatic carbocycles. The highest BCUT2D eigenvalue weighted by atomic mass is 35.5. The van der Waals surface area contributed by atoms with Crippen LogP contribution in [0.4, 0.5) is 0 Å². The van der Waals surface area contributed by atoms with Crippen LogP contribution in [0.1, 0.15) is 37.7 Å². The SMILES string of the molecule is C=CCC1(N(Cc2ccccc2)C(=O)CCl)CCC2(CC1)OCCO2. The van der Waals surface area contributed by atoms with Crippen molar-refractivity contribution in [3.63, 3.8) is 0 Å². The van der Waals surface area contributed by atoms with Crippen LogP contribution in [0.25, 0.3) is 0 Å². The summed E-state index contributed by atoms with van der Waals surface area (Å²) in [4.78, 5) is 14.7. The largest absolute Gasteiger partial charge is 0.348 e. The van der Waals surface area contributed by atoms with Crippen molar-refractivity contribution in [2.45, 2.75) is 50.0 Å². The highest BCUT2D eigenvalue weighted by Gasteiger charge is 2.49. The van der Waals surface area contributed by atoms with Crippen molar-refractivity contribution in [1.29, 1.82) is 0 Å². The summed E-state index contributed by atoms with van der Waals surface area (Å²) in [5.74, 6) is -0.492. The molecule has 5 heteroatoms. The third-order valence-electron chi connectivity index (χ3n) is 5.45. The molecule has 25 heavy (non-hydrogen) atoms. The Labute approximate surface area is 154 Å². The number of carbonyl (C=O) groups is 1. The molecular weight excluding hydrogens is 338 g/mol. The van der Waals surface area contributed by atoms with Gasteiger partial charge in [-0.25, -0.2) is 0 Å². The van der Waals surface area contributed by atoms with Gasteiger partial charge in [-0.15, -0.1) is 18.2 Å². The monoisotopic (exact) mass is 363 g/mol. The maximum absolute atomic E-state index is 12.7. The van der Waals surface area contributed by atoms with E-state index in [-0.39, 0.29) is 17.3 Å². The van der Waals surface area contributed by atoms with Crippen molar-refractivity contribution in [2.24, 2.45) is 0 Å². The topological polar surface area (TPSA) is 38.8 Å². The van der Waals surface area contributed by atoms with Gasteiger partial charge in [0, 0.05) is 24.9 Å². The third-order valence-corrected chi connectivity index (χ3v) is 5.68. The number of ether oxygens (including phenoxy) is 2. The van der Waals surface area contributed by atoms with Crippen LogP contribution >= 0.6 is 11.6 Å². The number of nitrogens with zero attached hydrogens (tertiary/aromatic N) is 1. The lowest BCUT2D eigenvalue weighted by atomic mass is 9.75. The van der Waals surface area contributed by atoms with Crippen LogP contribution in [0.3, 0.4) is 0 Å². The Balaban J connectivity index is 1.84. The molecule has 1 amide bonds. The summed E-state index contributed by atoms with van der Waals surface area (Å²) in [5, 5.41) is 0. The fourth-order valence-electron chi connectivity index (χ4n) is 4.09. The number of amides is 1. The average Bonchev–Trinajstić information content (AvgIpc) is 3.11. The lowest BCUT2D eigenvalue weighted by Gasteiger charge is -2.49. The second-order valence-corrected chi connectivity index (χ2v) is 7.19. The van der Waals surface area contributed by atoms with Crippen molar-refractivity contribution in [3.05, 3.63) is 48.6 Å². The smallest absolute Gasteiger partial charge is 0.238 e. The molecule has 1 aliphatic heterocycles. The van der Waals surface area contributed by atoms with Gasteiger partial charge in [0.1, 0.15) is 5.88 Å². The fourth-order valence-corrected chi connectivity index (χ4v) is 4.24. The zero-order valence-electron chi connectivity index (χ0n) is 14.6. The molecule has 0 radical (unpaired) electrons. The van der Waals surface area contributed by atoms with Gasteiger partial charge >= 0.3 is 0 Å². The first-order chi connectivity index (χ1) is 12.1. The Morgan fingerprint density at radius 2 is 1.80 bits per heavy atom. The van der Waals surface area contributed by atoms with E-state index in [1.54, 1.807) is 0 Å². The maximum atomic E-state index is 12.7. The number of hydrogen-bond donors (Lipinski definition) is 0. The molecule has 1 spiro atoms. The van der Waals surface area contributed by atoms with Crippen molar-refractivity contribution in [3.8, 4) is 0 Å². The second kappa shape index (κ2) is 7.90. The summed E-state index contributed by atoms with van der Waals surface area (Å²) in [6.45, 7) is 5.81. The summed E-state index contributed by atoms with van der Waals surface area (Å²) >= 11 is 5.95. The normalized spacial score (nSPS) is 21.2. The van der Waals surface area contributed by atoms with Crippen LogP contribution in [-0.2, 0) is 20.8 Å². The lowest BCUT2D eigenvalue weighted by Crippen LogP contribution is -2.56. The minimum atomic E-state index is -0.451. The number of alkyl halides is 1. The molecule has 1 heterocycles. The highest BCUT2D eigenvalue weighted by Crippen LogP contribution is 2.45. The van der Waals surface area contributed by atoms with Crippen LogP contribution in [0.2, 0.25) is 0 Å². The molecular formula is C20H26ClNO3. The predicted molar refractivity (Wildman–Crippen MR) is 98.4 cm³/mol. The Bertz CT molecular complexity index is 588. The second-order valence-electron chi connectivity index (χ2n) is 6.92. The summed E-state index contributed by atoms with van der Waals surface area (Å²) in [6.07, 6.45) is 5.90. The third kappa shape index (κ3) is 3.91. The van der Waals surface area contributed by atoms with Gasteiger partial charge < -0.3 is 14.4 Å². The first-order valence-electron chi connectivity index (χ1n) is 8.92. The van der Waals surface area contributed by atoms with Crippen molar-refractivity contribution in [2.75, 3.05) is 19.1 Å². The van der Waals surface area contributed by atoms with Crippen molar-refractivity contribution < 1.29 is 14.3 Å². The van der Waals surface area contributed by atoms with Crippen molar-refractivity contribution >= 4 is 17.5 Å². The molecule has 1 saturated carbocycles. The fraction of sp³-hybridized carbons (Fsp3) is 0.550. The predicted octanol–water partition coefficient (Wildman–Crippen LogP) is 3.89. The van der Waals surface area contributed by atoms with Crippen LogP contribution in [0.15, 0.2) is 43.0 Å². The van der Waals surface area contributed by atoms with Gasteiger partial charge in [-0.3, -0.25) is 4.79 Å². The molecule has 1 aromatic rings. The highest BCUT2D eigenvalue weighted by molar-refractivity contribution is 6.27. The van der Waals surface area contributed by atoms with Crippen LogP contribution in [-0.4, -0.2) is 41.2 Å². The van der Waals surface area contributed by atoms with Gasteiger partial charge in [0.15, 0.2) is 5.79 Å². The molecule has 1 aliphatic carbocycles. The average molecular weight is 364 g/mol. The van der Waals surface area contributed by atoms with E-state index in [0.29, 0.717) is 19.8 Å². The molecule has 2 aliphatic rings. The quantitative estimate of drug-likeness (QED) is 0.568. The zero-order chi connectivity index (χ0) is 17.8. The molecule has 3 rings (SSSR count). The van der Waals surface area contributed by atoms with E-state index < -0.39 is 5.79 Å². The summed E-state index contributed by atoms with van der Waals surface area (Å²) in [7, 11) is 0. The minimum absolute atomic E-state index is 0.0101. The van der Waals surface area contributed by atoms with E-state index in [1.165, 1.54) is 0 Å². The maximum Gasteiger partial charge on any atom is 0.238 e. The molecule has 0 atom stereocenters. The van der Waals surface area contributed by atoms with E-state index in [0.717, 1.165) is 37.7 Å². The van der Waals surface area contributed by atoms with Crippen LogP contribution in [0.5, 0.6) is 0 Å². The van der Waals surface area contributed by atoms with Crippen LogP contribution in [0, 0.1) is 0 Å². The van der Waals surface area contributed by atoms with E-state index in [1.807, 2.05) is 41.3 Å². The number of halogens is 1. The molecule has 0 unspecified atom stereocenters. The summed E-state index contributed by atoms with van der Waals surface area (Å²) < 4.78 is 11.7. The van der Waals surface area contributed by atoms with Gasteiger partial charge in [-0.1, -0.05) is 36.4 Å². The first kappa shape index (κ1) is 18.4. The van der Waals surface area contributed by atoms with E-state index in [9.17, 15) is 4.79 Å². The summed E-state index contributed by atoms with van der Waals surface area (Å²) in [6, 6.07) is 10.1. The Hall–Kier alpha value is -1.36. The number of hydrogen-bond acceptors (Lipinski definition) is 3. The summed E-state index contributed by atoms with van der Waals surface area (Å²) in [5.41, 5.74) is 0.836. The Morgan fingerprint density at radius 1 is 1.16 bits per heavy atom. The molecule has 136 valence electrons. The van der Waals surface area contributed by atoms with Gasteiger partial charge in [-0.2, -0.15) is 0 Å². The number of carbonyl (C=O) groups excluding carboxylic acids is 1. The van der Waals surface area contributed by atoms with Crippen LogP contribution < -0.4 is 0 Å². The van der Waals surface area contributed by atoms with E-state index in [4.69, 9.17) is 21.1 Å². The molecule has 4 nitrogen and oxygen atoms in total. The van der Waals surface area contributed by atoms with E-state index in [2.05, 4.69) is 6.58 Å². The van der Waals surface area contributed by atoms with Gasteiger partial charge in [0.05, 0.1) is 13.2 Å². The Kier molecular flexibility index (Phi) is 5.82. The van der Waals surface area contributed by atoms with Gasteiger partial charge in [0.25, 0.3) is 0 Å². The molecule has 0 bridgehead atoms. The molecule has 0 aromatic heterocycles. The number of rotatable bonds is 6. The van der Waals surface area contributed by atoms with E-state index >= 15 is 0 Å². The molecule has 1 saturated heterocycles. The van der Waals surface area contributed by atoms with Gasteiger partial charge in [0.2, 0.25) is 5.91 Å². The van der Waals surface area contributed by atoms with Crippen molar-refractivity contribution in [1.82, 2.24) is 4.90 Å². The zero-order valence-corrected chi connectivity index (χ0v) is 15.3. The number of benzene rings is 1. The molecule has 2 fully saturated rings. The lowest BCUT2D eigenvalue weighted by molar-refractivity contribution is -0.196. The minimum Gasteiger partial charge on any atom is -0.348 e.